The molecule has 1 aliphatic heterocycles. The molecule has 1 saturated heterocycles. The first-order valence-electron chi connectivity index (χ1n) is 6.84. The van der Waals surface area contributed by atoms with E-state index in [9.17, 15) is 0 Å². The van der Waals surface area contributed by atoms with Crippen molar-refractivity contribution in [2.45, 2.75) is 19.9 Å². The molecule has 1 atom stereocenters. The molecule has 1 aromatic rings. The van der Waals surface area contributed by atoms with E-state index in [4.69, 9.17) is 9.47 Å². The van der Waals surface area contributed by atoms with Crippen LogP contribution >= 0.6 is 0 Å². The second-order valence-electron chi connectivity index (χ2n) is 5.05. The van der Waals surface area contributed by atoms with Crippen molar-refractivity contribution in [2.24, 2.45) is 0 Å². The van der Waals surface area contributed by atoms with Crippen LogP contribution in [0.25, 0.3) is 0 Å². The van der Waals surface area contributed by atoms with Crippen LogP contribution in [0.4, 0.5) is 0 Å². The van der Waals surface area contributed by atoms with Gasteiger partial charge in [-0.2, -0.15) is 0 Å². The molecule has 2 rings (SSSR count). The van der Waals surface area contributed by atoms with Crippen LogP contribution in [-0.4, -0.2) is 45.3 Å². The summed E-state index contributed by atoms with van der Waals surface area (Å²) in [5, 5.41) is 3.38. The predicted molar refractivity (Wildman–Crippen MR) is 77.1 cm³/mol. The fourth-order valence-corrected chi connectivity index (χ4v) is 2.73. The number of benzene rings is 1. The van der Waals surface area contributed by atoms with E-state index in [0.29, 0.717) is 6.04 Å². The zero-order chi connectivity index (χ0) is 13.8. The number of hydrogen-bond acceptors (Lipinski definition) is 4. The highest BCUT2D eigenvalue weighted by molar-refractivity contribution is 5.49. The number of nitrogens with one attached hydrogen (secondary N) is 1. The summed E-state index contributed by atoms with van der Waals surface area (Å²) in [5.41, 5.74) is 2.31. The van der Waals surface area contributed by atoms with Crippen LogP contribution < -0.4 is 14.8 Å². The molecular formula is C15H24N2O2. The number of rotatable bonds is 4. The van der Waals surface area contributed by atoms with Crippen molar-refractivity contribution in [3.8, 4) is 11.5 Å². The van der Waals surface area contributed by atoms with Crippen LogP contribution in [0.15, 0.2) is 12.1 Å². The Morgan fingerprint density at radius 2 is 1.63 bits per heavy atom. The van der Waals surface area contributed by atoms with Gasteiger partial charge in [0.15, 0.2) is 0 Å². The molecule has 4 nitrogen and oxygen atoms in total. The van der Waals surface area contributed by atoms with E-state index in [1.165, 1.54) is 0 Å². The summed E-state index contributed by atoms with van der Waals surface area (Å²) in [5.74, 6) is 1.84. The van der Waals surface area contributed by atoms with Gasteiger partial charge < -0.3 is 14.8 Å². The fraction of sp³-hybridized carbons (Fsp3) is 0.600. The highest BCUT2D eigenvalue weighted by Gasteiger charge is 2.24. The molecule has 0 unspecified atom stereocenters. The van der Waals surface area contributed by atoms with Crippen LogP contribution in [0.3, 0.4) is 0 Å². The Kier molecular flexibility index (Phi) is 4.66. The van der Waals surface area contributed by atoms with Crippen molar-refractivity contribution in [3.05, 3.63) is 23.3 Å². The van der Waals surface area contributed by atoms with Crippen LogP contribution in [0, 0.1) is 6.92 Å². The second-order valence-corrected chi connectivity index (χ2v) is 5.05. The Morgan fingerprint density at radius 1 is 1.11 bits per heavy atom. The highest BCUT2D eigenvalue weighted by atomic mass is 16.5. The smallest absolute Gasteiger partial charge is 0.127 e. The minimum absolute atomic E-state index is 0.299. The molecule has 19 heavy (non-hydrogen) atoms. The number of ether oxygens (including phenoxy) is 2. The lowest BCUT2D eigenvalue weighted by atomic mass is 10.0. The van der Waals surface area contributed by atoms with E-state index in [1.807, 2.05) is 0 Å². The molecule has 1 aliphatic rings. The van der Waals surface area contributed by atoms with E-state index < -0.39 is 0 Å². The van der Waals surface area contributed by atoms with Crippen molar-refractivity contribution < 1.29 is 9.47 Å². The monoisotopic (exact) mass is 264 g/mol. The zero-order valence-corrected chi connectivity index (χ0v) is 12.3. The molecule has 0 bridgehead atoms. The first-order chi connectivity index (χ1) is 9.17. The van der Waals surface area contributed by atoms with E-state index in [1.54, 1.807) is 14.2 Å². The van der Waals surface area contributed by atoms with Crippen molar-refractivity contribution >= 4 is 0 Å². The maximum absolute atomic E-state index is 5.56. The van der Waals surface area contributed by atoms with Crippen molar-refractivity contribution in [3.63, 3.8) is 0 Å². The van der Waals surface area contributed by atoms with Crippen molar-refractivity contribution in [1.82, 2.24) is 10.2 Å². The molecule has 1 fully saturated rings. The summed E-state index contributed by atoms with van der Waals surface area (Å²) < 4.78 is 11.1. The summed E-state index contributed by atoms with van der Waals surface area (Å²) in [6, 6.07) is 4.46. The first-order valence-corrected chi connectivity index (χ1v) is 6.84. The van der Waals surface area contributed by atoms with Gasteiger partial charge in [-0.05, 0) is 31.5 Å². The van der Waals surface area contributed by atoms with E-state index in [0.717, 1.165) is 48.8 Å². The Labute approximate surface area is 115 Å². The molecule has 0 spiro atoms. The molecule has 4 heteroatoms. The zero-order valence-electron chi connectivity index (χ0n) is 12.3. The predicted octanol–water partition coefficient (Wildman–Crippen LogP) is 1.98. The normalized spacial score (nSPS) is 18.1. The van der Waals surface area contributed by atoms with Crippen LogP contribution in [0.2, 0.25) is 0 Å². The third-order valence-electron chi connectivity index (χ3n) is 3.81. The molecule has 0 radical (unpaired) electrons. The summed E-state index contributed by atoms with van der Waals surface area (Å²) in [7, 11) is 3.45. The molecule has 0 amide bonds. The summed E-state index contributed by atoms with van der Waals surface area (Å²) in [6.07, 6.45) is 0. The first kappa shape index (κ1) is 14.2. The maximum Gasteiger partial charge on any atom is 0.127 e. The number of aryl methyl sites for hydroxylation is 1. The summed E-state index contributed by atoms with van der Waals surface area (Å²) in [6.45, 7) is 8.48. The maximum atomic E-state index is 5.56. The lowest BCUT2D eigenvalue weighted by molar-refractivity contribution is 0.179. The van der Waals surface area contributed by atoms with Gasteiger partial charge in [0, 0.05) is 32.2 Å². The van der Waals surface area contributed by atoms with Gasteiger partial charge in [-0.15, -0.1) is 0 Å². The van der Waals surface area contributed by atoms with E-state index in [-0.39, 0.29) is 0 Å². The molecular weight excluding hydrogens is 240 g/mol. The Morgan fingerprint density at radius 3 is 2.11 bits per heavy atom. The topological polar surface area (TPSA) is 33.7 Å². The van der Waals surface area contributed by atoms with Crippen LogP contribution in [-0.2, 0) is 0 Å². The molecule has 0 aromatic heterocycles. The number of hydrogen-bond donors (Lipinski definition) is 1. The van der Waals surface area contributed by atoms with E-state index >= 15 is 0 Å². The summed E-state index contributed by atoms with van der Waals surface area (Å²) >= 11 is 0. The second kappa shape index (κ2) is 6.26. The Hall–Kier alpha value is -1.26. The molecule has 0 aliphatic carbocycles. The van der Waals surface area contributed by atoms with Crippen LogP contribution in [0.1, 0.15) is 24.1 Å². The molecule has 0 saturated carbocycles. The minimum atomic E-state index is 0.299. The third kappa shape index (κ3) is 3.01. The van der Waals surface area contributed by atoms with Gasteiger partial charge in [0.25, 0.3) is 0 Å². The molecule has 1 N–H and O–H groups in total. The van der Waals surface area contributed by atoms with Gasteiger partial charge in [-0.1, -0.05) is 0 Å². The number of nitrogens with zero attached hydrogens (tertiary/aromatic N) is 1. The summed E-state index contributed by atoms with van der Waals surface area (Å²) in [4.78, 5) is 2.46. The van der Waals surface area contributed by atoms with Crippen molar-refractivity contribution in [2.75, 3.05) is 40.4 Å². The lowest BCUT2D eigenvalue weighted by Crippen LogP contribution is -2.44. The van der Waals surface area contributed by atoms with Gasteiger partial charge in [-0.25, -0.2) is 0 Å². The van der Waals surface area contributed by atoms with Gasteiger partial charge in [0.05, 0.1) is 19.8 Å². The molecule has 106 valence electrons. The quantitative estimate of drug-likeness (QED) is 0.901. The van der Waals surface area contributed by atoms with Crippen molar-refractivity contribution in [1.29, 1.82) is 0 Å². The Bertz CT molecular complexity index is 403. The average Bonchev–Trinajstić information content (AvgIpc) is 2.46. The molecule has 1 aromatic carbocycles. The fourth-order valence-electron chi connectivity index (χ4n) is 2.73. The minimum Gasteiger partial charge on any atom is -0.496 e. The van der Waals surface area contributed by atoms with Gasteiger partial charge >= 0.3 is 0 Å². The Balaban J connectivity index is 2.35. The standard InChI is InChI=1S/C15H24N2O2/c1-11-9-13(18-3)15(14(10-11)19-4)12(2)17-7-5-16-6-8-17/h9-10,12,16H,5-8H2,1-4H3/t12-/m1/s1. The van der Waals surface area contributed by atoms with Crippen LogP contribution in [0.5, 0.6) is 11.5 Å². The molecule has 1 heterocycles. The number of methoxy groups -OCH3 is 2. The van der Waals surface area contributed by atoms with Gasteiger partial charge in [-0.3, -0.25) is 4.90 Å². The SMILES string of the molecule is COc1cc(C)cc(OC)c1[C@@H](C)N1CCNCC1. The van der Waals surface area contributed by atoms with E-state index in [2.05, 4.69) is 36.2 Å². The largest absolute Gasteiger partial charge is 0.496 e. The third-order valence-corrected chi connectivity index (χ3v) is 3.81. The highest BCUT2D eigenvalue weighted by Crippen LogP contribution is 2.38. The number of piperazine rings is 1. The lowest BCUT2D eigenvalue weighted by Gasteiger charge is -2.34. The van der Waals surface area contributed by atoms with Gasteiger partial charge in [0.2, 0.25) is 0 Å². The average molecular weight is 264 g/mol. The van der Waals surface area contributed by atoms with Gasteiger partial charge in [0.1, 0.15) is 11.5 Å².